The van der Waals surface area contributed by atoms with Gasteiger partial charge in [-0.3, -0.25) is 5.32 Å². The van der Waals surface area contributed by atoms with Crippen molar-refractivity contribution in [3.63, 3.8) is 0 Å². The van der Waals surface area contributed by atoms with Crippen LogP contribution in [0.1, 0.15) is 36.2 Å². The number of aliphatic hydroxyl groups is 1. The zero-order chi connectivity index (χ0) is 16.9. The van der Waals surface area contributed by atoms with Crippen molar-refractivity contribution in [2.24, 2.45) is 5.92 Å². The largest absolute Gasteiger partial charge is 0.465 e. The van der Waals surface area contributed by atoms with E-state index in [1.165, 1.54) is 7.11 Å². The first-order valence-electron chi connectivity index (χ1n) is 8.02. The van der Waals surface area contributed by atoms with Crippen LogP contribution in [0.15, 0.2) is 48.6 Å². The number of carbonyl (C=O) groups is 1. The van der Waals surface area contributed by atoms with Crippen LogP contribution >= 0.6 is 0 Å². The summed E-state index contributed by atoms with van der Waals surface area (Å²) < 4.78 is 4.70. The Balaban J connectivity index is 1.99. The summed E-state index contributed by atoms with van der Waals surface area (Å²) in [6, 6.07) is 7.46. The van der Waals surface area contributed by atoms with Gasteiger partial charge in [0, 0.05) is 12.0 Å². The summed E-state index contributed by atoms with van der Waals surface area (Å²) in [7, 11) is 1.37. The number of ether oxygens (including phenoxy) is 1. The maximum Gasteiger partial charge on any atom is 0.337 e. The molecule has 4 heteroatoms. The van der Waals surface area contributed by atoms with E-state index in [0.29, 0.717) is 5.56 Å². The Kier molecular flexibility index (Phi) is 5.74. The fraction of sp³-hybridized carbons (Fsp3) is 0.421. The number of esters is 1. The summed E-state index contributed by atoms with van der Waals surface area (Å²) in [5, 5.41) is 14.1. The van der Waals surface area contributed by atoms with Gasteiger partial charge in [0.05, 0.1) is 12.7 Å². The van der Waals surface area contributed by atoms with E-state index in [1.807, 2.05) is 43.4 Å². The predicted molar refractivity (Wildman–Crippen MR) is 91.1 cm³/mol. The van der Waals surface area contributed by atoms with E-state index in [9.17, 15) is 9.90 Å². The van der Waals surface area contributed by atoms with Gasteiger partial charge in [0.25, 0.3) is 0 Å². The molecule has 0 amide bonds. The lowest BCUT2D eigenvalue weighted by atomic mass is 9.88. The number of methoxy groups -OCH3 is 1. The summed E-state index contributed by atoms with van der Waals surface area (Å²) in [5.74, 6) is -0.265. The summed E-state index contributed by atoms with van der Waals surface area (Å²) >= 11 is 0. The zero-order valence-corrected chi connectivity index (χ0v) is 14.0. The minimum atomic E-state index is -1.01. The Labute approximate surface area is 137 Å². The first-order chi connectivity index (χ1) is 11.0. The molecular formula is C19H25NO3. The molecule has 0 aliphatic heterocycles. The van der Waals surface area contributed by atoms with Crippen LogP contribution in [0.2, 0.25) is 0 Å². The van der Waals surface area contributed by atoms with E-state index in [-0.39, 0.29) is 17.9 Å². The van der Waals surface area contributed by atoms with Crippen LogP contribution in [0.5, 0.6) is 0 Å². The second-order valence-electron chi connectivity index (χ2n) is 6.02. The highest BCUT2D eigenvalue weighted by Crippen LogP contribution is 2.25. The van der Waals surface area contributed by atoms with Crippen LogP contribution in [0, 0.1) is 5.92 Å². The molecule has 1 unspecified atom stereocenters. The molecule has 1 aromatic rings. The summed E-state index contributed by atoms with van der Waals surface area (Å²) in [4.78, 5) is 11.4. The van der Waals surface area contributed by atoms with Gasteiger partial charge in [0.1, 0.15) is 5.72 Å². The second kappa shape index (κ2) is 7.57. The number of rotatable bonds is 6. The molecule has 0 saturated heterocycles. The molecule has 0 saturated carbocycles. The Hall–Kier alpha value is -1.91. The molecule has 1 aromatic carbocycles. The summed E-state index contributed by atoms with van der Waals surface area (Å²) in [6.07, 6.45) is 9.32. The average molecular weight is 315 g/mol. The van der Waals surface area contributed by atoms with E-state index in [1.54, 1.807) is 12.1 Å². The molecule has 124 valence electrons. The predicted octanol–water partition coefficient (Wildman–Crippen LogP) is 2.83. The fourth-order valence-electron chi connectivity index (χ4n) is 2.97. The van der Waals surface area contributed by atoms with Crippen LogP contribution in [-0.2, 0) is 11.2 Å². The van der Waals surface area contributed by atoms with Crippen molar-refractivity contribution in [3.8, 4) is 0 Å². The molecule has 0 heterocycles. The van der Waals surface area contributed by atoms with Crippen molar-refractivity contribution in [1.29, 1.82) is 0 Å². The highest BCUT2D eigenvalue weighted by Gasteiger charge is 2.33. The number of carbonyl (C=O) groups excluding carboxylic acids is 1. The summed E-state index contributed by atoms with van der Waals surface area (Å²) in [5.41, 5.74) is 0.640. The van der Waals surface area contributed by atoms with Gasteiger partial charge in [0.15, 0.2) is 0 Å². The molecule has 0 fully saturated rings. The SMILES string of the molecule is CC[C@@H]1C=CC=CC1(O)N[C@H](C)Cc1ccc(C(=O)OC)cc1. The number of hydrogen-bond donors (Lipinski definition) is 2. The van der Waals surface area contributed by atoms with Crippen molar-refractivity contribution in [2.75, 3.05) is 7.11 Å². The Morgan fingerprint density at radius 3 is 2.65 bits per heavy atom. The van der Waals surface area contributed by atoms with E-state index < -0.39 is 5.72 Å². The molecule has 23 heavy (non-hydrogen) atoms. The normalized spacial score (nSPS) is 24.4. The van der Waals surface area contributed by atoms with Crippen molar-refractivity contribution in [1.82, 2.24) is 5.32 Å². The second-order valence-corrected chi connectivity index (χ2v) is 6.02. The first kappa shape index (κ1) is 17.4. The number of nitrogens with one attached hydrogen (secondary N) is 1. The van der Waals surface area contributed by atoms with Crippen LogP contribution in [0.25, 0.3) is 0 Å². The Morgan fingerprint density at radius 1 is 1.35 bits per heavy atom. The molecule has 0 spiro atoms. The molecule has 1 aliphatic carbocycles. The van der Waals surface area contributed by atoms with Crippen molar-refractivity contribution in [2.45, 2.75) is 38.5 Å². The zero-order valence-electron chi connectivity index (χ0n) is 14.0. The number of benzene rings is 1. The van der Waals surface area contributed by atoms with Gasteiger partial charge < -0.3 is 9.84 Å². The van der Waals surface area contributed by atoms with Gasteiger partial charge in [0.2, 0.25) is 0 Å². The summed E-state index contributed by atoms with van der Waals surface area (Å²) in [6.45, 7) is 4.11. The highest BCUT2D eigenvalue weighted by molar-refractivity contribution is 5.89. The molecular weight excluding hydrogens is 290 g/mol. The number of hydrogen-bond acceptors (Lipinski definition) is 4. The standard InChI is InChI=1S/C19H25NO3/c1-4-17-7-5-6-12-19(17,22)20-14(2)13-15-8-10-16(11-9-15)18(21)23-3/h5-12,14,17,20,22H,4,13H2,1-3H3/t14-,17-,19?/m1/s1. The average Bonchev–Trinajstić information content (AvgIpc) is 2.54. The van der Waals surface area contributed by atoms with Crippen LogP contribution in [-0.4, -0.2) is 30.0 Å². The van der Waals surface area contributed by atoms with E-state index in [4.69, 9.17) is 4.74 Å². The molecule has 0 radical (unpaired) electrons. The molecule has 1 aliphatic rings. The van der Waals surface area contributed by atoms with E-state index >= 15 is 0 Å². The minimum Gasteiger partial charge on any atom is -0.465 e. The fourth-order valence-corrected chi connectivity index (χ4v) is 2.97. The maximum absolute atomic E-state index is 11.4. The molecule has 0 aromatic heterocycles. The third-order valence-electron chi connectivity index (χ3n) is 4.20. The highest BCUT2D eigenvalue weighted by atomic mass is 16.5. The molecule has 3 atom stereocenters. The molecule has 4 nitrogen and oxygen atoms in total. The molecule has 2 N–H and O–H groups in total. The monoisotopic (exact) mass is 315 g/mol. The maximum atomic E-state index is 11.4. The van der Waals surface area contributed by atoms with Gasteiger partial charge >= 0.3 is 5.97 Å². The van der Waals surface area contributed by atoms with Crippen LogP contribution in [0.4, 0.5) is 0 Å². The third-order valence-corrected chi connectivity index (χ3v) is 4.20. The van der Waals surface area contributed by atoms with E-state index in [2.05, 4.69) is 12.2 Å². The van der Waals surface area contributed by atoms with Crippen molar-refractivity contribution < 1.29 is 14.6 Å². The van der Waals surface area contributed by atoms with Gasteiger partial charge in [-0.2, -0.15) is 0 Å². The van der Waals surface area contributed by atoms with E-state index in [0.717, 1.165) is 18.4 Å². The van der Waals surface area contributed by atoms with Gasteiger partial charge in [-0.15, -0.1) is 0 Å². The quantitative estimate of drug-likeness (QED) is 0.626. The van der Waals surface area contributed by atoms with Crippen LogP contribution < -0.4 is 5.32 Å². The molecule has 2 rings (SSSR count). The van der Waals surface area contributed by atoms with Crippen molar-refractivity contribution >= 4 is 5.97 Å². The Bertz CT molecular complexity index is 591. The lowest BCUT2D eigenvalue weighted by Gasteiger charge is -2.36. The number of allylic oxidation sites excluding steroid dienone is 2. The van der Waals surface area contributed by atoms with Crippen molar-refractivity contribution in [3.05, 3.63) is 59.7 Å². The first-order valence-corrected chi connectivity index (χ1v) is 8.02. The lowest BCUT2D eigenvalue weighted by molar-refractivity contribution is 0.00177. The molecule has 0 bridgehead atoms. The Morgan fingerprint density at radius 2 is 2.04 bits per heavy atom. The third kappa shape index (κ3) is 4.30. The topological polar surface area (TPSA) is 58.6 Å². The lowest BCUT2D eigenvalue weighted by Crippen LogP contribution is -2.53. The van der Waals surface area contributed by atoms with Gasteiger partial charge in [-0.05, 0) is 43.5 Å². The minimum absolute atomic E-state index is 0.0663. The van der Waals surface area contributed by atoms with Crippen LogP contribution in [0.3, 0.4) is 0 Å². The van der Waals surface area contributed by atoms with Gasteiger partial charge in [-0.25, -0.2) is 4.79 Å². The smallest absolute Gasteiger partial charge is 0.337 e. The van der Waals surface area contributed by atoms with Gasteiger partial charge in [-0.1, -0.05) is 37.3 Å².